The zero-order chi connectivity index (χ0) is 13.8. The summed E-state index contributed by atoms with van der Waals surface area (Å²) in [7, 11) is 1.75. The fraction of sp³-hybridized carbons (Fsp3) is 0.154. The summed E-state index contributed by atoms with van der Waals surface area (Å²) in [6, 6.07) is 5.14. The van der Waals surface area contributed by atoms with Crippen LogP contribution >= 0.6 is 15.9 Å². The van der Waals surface area contributed by atoms with E-state index in [1.54, 1.807) is 31.6 Å². The number of carbonyl (C=O) groups excluding carboxylic acids is 1. The van der Waals surface area contributed by atoms with E-state index in [0.29, 0.717) is 17.2 Å². The van der Waals surface area contributed by atoms with E-state index in [2.05, 4.69) is 36.5 Å². The van der Waals surface area contributed by atoms with Gasteiger partial charge in [-0.25, -0.2) is 9.97 Å². The molecule has 2 N–H and O–H groups in total. The first kappa shape index (κ1) is 13.5. The molecule has 0 aliphatic carbocycles. The van der Waals surface area contributed by atoms with Crippen LogP contribution in [-0.2, 0) is 0 Å². The van der Waals surface area contributed by atoms with Crippen molar-refractivity contribution in [2.24, 2.45) is 0 Å². The molecule has 0 aliphatic rings. The average molecular weight is 321 g/mol. The summed E-state index contributed by atoms with van der Waals surface area (Å²) in [6.07, 6.45) is 3.25. The molecular weight excluding hydrogens is 308 g/mol. The van der Waals surface area contributed by atoms with E-state index in [4.69, 9.17) is 0 Å². The number of amides is 1. The molecule has 0 bridgehead atoms. The van der Waals surface area contributed by atoms with Crippen LogP contribution in [0.1, 0.15) is 15.9 Å². The second-order valence-electron chi connectivity index (χ2n) is 3.95. The zero-order valence-electron chi connectivity index (χ0n) is 10.6. The second-order valence-corrected chi connectivity index (χ2v) is 4.81. The zero-order valence-corrected chi connectivity index (χ0v) is 12.2. The van der Waals surface area contributed by atoms with Crippen LogP contribution < -0.4 is 10.6 Å². The molecule has 0 aromatic carbocycles. The van der Waals surface area contributed by atoms with Crippen molar-refractivity contribution in [1.82, 2.24) is 9.97 Å². The van der Waals surface area contributed by atoms with Crippen molar-refractivity contribution in [3.05, 3.63) is 46.2 Å². The summed E-state index contributed by atoms with van der Waals surface area (Å²) >= 11 is 3.37. The number of halogens is 1. The molecule has 5 nitrogen and oxygen atoms in total. The number of hydrogen-bond acceptors (Lipinski definition) is 4. The molecule has 0 saturated carbocycles. The van der Waals surface area contributed by atoms with Crippen molar-refractivity contribution >= 4 is 33.5 Å². The highest BCUT2D eigenvalue weighted by Gasteiger charge is 2.08. The van der Waals surface area contributed by atoms with E-state index >= 15 is 0 Å². The normalized spacial score (nSPS) is 10.1. The van der Waals surface area contributed by atoms with Crippen LogP contribution in [0, 0.1) is 6.92 Å². The van der Waals surface area contributed by atoms with Gasteiger partial charge in [0.15, 0.2) is 0 Å². The minimum absolute atomic E-state index is 0.215. The Morgan fingerprint density at radius 2 is 2.05 bits per heavy atom. The predicted octanol–water partition coefficient (Wildman–Crippen LogP) is 2.84. The SMILES string of the molecule is CNc1cc(C(=O)Nc2cc(C)c(Br)cn2)ccn1. The fourth-order valence-corrected chi connectivity index (χ4v) is 1.72. The summed E-state index contributed by atoms with van der Waals surface area (Å²) in [6.45, 7) is 1.94. The van der Waals surface area contributed by atoms with Gasteiger partial charge in [-0.15, -0.1) is 0 Å². The maximum atomic E-state index is 12.1. The first-order chi connectivity index (χ1) is 9.10. The lowest BCUT2D eigenvalue weighted by atomic mass is 10.2. The van der Waals surface area contributed by atoms with Crippen molar-refractivity contribution in [3.63, 3.8) is 0 Å². The Morgan fingerprint density at radius 1 is 1.26 bits per heavy atom. The average Bonchev–Trinajstić information content (AvgIpc) is 2.43. The summed E-state index contributed by atoms with van der Waals surface area (Å²) in [5.74, 6) is 0.953. The molecule has 2 heterocycles. The number of carbonyl (C=O) groups is 1. The van der Waals surface area contributed by atoms with Crippen LogP contribution in [0.3, 0.4) is 0 Å². The van der Waals surface area contributed by atoms with Gasteiger partial charge in [-0.05, 0) is 46.6 Å². The fourth-order valence-electron chi connectivity index (χ4n) is 1.50. The van der Waals surface area contributed by atoms with E-state index in [0.717, 1.165) is 10.0 Å². The van der Waals surface area contributed by atoms with E-state index < -0.39 is 0 Å². The van der Waals surface area contributed by atoms with E-state index in [1.807, 2.05) is 13.0 Å². The summed E-state index contributed by atoms with van der Waals surface area (Å²) in [5.41, 5.74) is 1.54. The van der Waals surface area contributed by atoms with Crippen molar-refractivity contribution in [3.8, 4) is 0 Å². The highest BCUT2D eigenvalue weighted by molar-refractivity contribution is 9.10. The maximum Gasteiger partial charge on any atom is 0.257 e. The van der Waals surface area contributed by atoms with Crippen LogP contribution in [0.2, 0.25) is 0 Å². The quantitative estimate of drug-likeness (QED) is 0.912. The number of pyridine rings is 2. The number of aromatic nitrogens is 2. The van der Waals surface area contributed by atoms with Gasteiger partial charge in [-0.1, -0.05) is 0 Å². The monoisotopic (exact) mass is 320 g/mol. The summed E-state index contributed by atoms with van der Waals surface area (Å²) in [4.78, 5) is 20.3. The topological polar surface area (TPSA) is 66.9 Å². The van der Waals surface area contributed by atoms with Gasteiger partial charge in [0.05, 0.1) is 0 Å². The second kappa shape index (κ2) is 5.79. The molecule has 0 atom stereocenters. The summed E-state index contributed by atoms with van der Waals surface area (Å²) < 4.78 is 0.909. The van der Waals surface area contributed by atoms with Crippen molar-refractivity contribution in [1.29, 1.82) is 0 Å². The molecule has 19 heavy (non-hydrogen) atoms. The van der Waals surface area contributed by atoms with Gasteiger partial charge < -0.3 is 10.6 Å². The standard InChI is InChI=1S/C13H13BrN4O/c1-8-5-12(17-7-10(8)14)18-13(19)9-3-4-16-11(6-9)15-2/h3-7H,1-2H3,(H,15,16)(H,17,18,19). The van der Waals surface area contributed by atoms with Gasteiger partial charge in [0.25, 0.3) is 5.91 Å². The molecule has 0 radical (unpaired) electrons. The van der Waals surface area contributed by atoms with Crippen LogP contribution in [0.4, 0.5) is 11.6 Å². The minimum Gasteiger partial charge on any atom is -0.373 e. The van der Waals surface area contributed by atoms with Crippen LogP contribution in [-0.4, -0.2) is 22.9 Å². The molecule has 0 fully saturated rings. The smallest absolute Gasteiger partial charge is 0.257 e. The van der Waals surface area contributed by atoms with Crippen molar-refractivity contribution in [2.45, 2.75) is 6.92 Å². The number of nitrogens with one attached hydrogen (secondary N) is 2. The molecule has 98 valence electrons. The Kier molecular flexibility index (Phi) is 4.11. The van der Waals surface area contributed by atoms with Crippen LogP contribution in [0.5, 0.6) is 0 Å². The van der Waals surface area contributed by atoms with Gasteiger partial charge in [0, 0.05) is 29.5 Å². The minimum atomic E-state index is -0.215. The number of nitrogens with zero attached hydrogens (tertiary/aromatic N) is 2. The van der Waals surface area contributed by atoms with Crippen molar-refractivity contribution in [2.75, 3.05) is 17.7 Å². The Hall–Kier alpha value is -1.95. The first-order valence-corrected chi connectivity index (χ1v) is 6.47. The number of hydrogen-bond donors (Lipinski definition) is 2. The predicted molar refractivity (Wildman–Crippen MR) is 78.4 cm³/mol. The molecule has 0 saturated heterocycles. The van der Waals surface area contributed by atoms with Crippen LogP contribution in [0.25, 0.3) is 0 Å². The summed E-state index contributed by atoms with van der Waals surface area (Å²) in [5, 5.41) is 5.64. The molecule has 2 aromatic heterocycles. The van der Waals surface area contributed by atoms with E-state index in [1.165, 1.54) is 0 Å². The molecule has 2 aromatic rings. The molecule has 0 aliphatic heterocycles. The number of anilines is 2. The Balaban J connectivity index is 2.18. The molecule has 0 spiro atoms. The molecule has 2 rings (SSSR count). The first-order valence-electron chi connectivity index (χ1n) is 5.67. The molecule has 0 unspecified atom stereocenters. The molecule has 6 heteroatoms. The van der Waals surface area contributed by atoms with Gasteiger partial charge in [-0.3, -0.25) is 4.79 Å². The third-order valence-corrected chi connectivity index (χ3v) is 3.40. The third-order valence-electron chi connectivity index (χ3n) is 2.57. The van der Waals surface area contributed by atoms with Crippen molar-refractivity contribution < 1.29 is 4.79 Å². The van der Waals surface area contributed by atoms with Crippen LogP contribution in [0.15, 0.2) is 35.1 Å². The van der Waals surface area contributed by atoms with Gasteiger partial charge in [0.1, 0.15) is 11.6 Å². The Bertz CT molecular complexity index is 615. The lowest BCUT2D eigenvalue weighted by Gasteiger charge is -2.07. The van der Waals surface area contributed by atoms with Gasteiger partial charge in [-0.2, -0.15) is 0 Å². The molecular formula is C13H13BrN4O. The largest absolute Gasteiger partial charge is 0.373 e. The van der Waals surface area contributed by atoms with E-state index in [-0.39, 0.29) is 5.91 Å². The lowest BCUT2D eigenvalue weighted by molar-refractivity contribution is 0.102. The highest BCUT2D eigenvalue weighted by Crippen LogP contribution is 2.18. The van der Waals surface area contributed by atoms with Gasteiger partial charge >= 0.3 is 0 Å². The highest BCUT2D eigenvalue weighted by atomic mass is 79.9. The number of aryl methyl sites for hydroxylation is 1. The van der Waals surface area contributed by atoms with Gasteiger partial charge in [0.2, 0.25) is 0 Å². The Labute approximate surface area is 119 Å². The molecule has 1 amide bonds. The Morgan fingerprint density at radius 3 is 2.74 bits per heavy atom. The maximum absolute atomic E-state index is 12.1. The lowest BCUT2D eigenvalue weighted by Crippen LogP contribution is -2.13. The number of rotatable bonds is 3. The van der Waals surface area contributed by atoms with E-state index in [9.17, 15) is 4.79 Å². The third kappa shape index (κ3) is 3.29.